The smallest absolute Gasteiger partial charge is 0.325 e. The Morgan fingerprint density at radius 1 is 0.780 bits per heavy atom. The first kappa shape index (κ1) is 42.7. The number of primary amides is 1. The van der Waals surface area contributed by atoms with Crippen molar-refractivity contribution >= 4 is 59.1 Å². The van der Waals surface area contributed by atoms with Gasteiger partial charge in [-0.25, -0.2) is 0 Å². The van der Waals surface area contributed by atoms with Crippen molar-refractivity contribution in [3.8, 4) is 0 Å². The molecule has 1 rings (SSSR count). The first-order valence-electron chi connectivity index (χ1n) is 16.2. The topological polar surface area (TPSA) is 304 Å². The Morgan fingerprint density at radius 2 is 1.38 bits per heavy atom. The van der Waals surface area contributed by atoms with Crippen LogP contribution < -0.4 is 43.0 Å². The van der Waals surface area contributed by atoms with Crippen molar-refractivity contribution < 1.29 is 53.1 Å². The largest absolute Gasteiger partial charge is 0.480 e. The van der Waals surface area contributed by atoms with Crippen molar-refractivity contribution in [2.24, 2.45) is 11.7 Å². The molecule has 1 saturated heterocycles. The lowest BCUT2D eigenvalue weighted by atomic mass is 9.98. The molecule has 10 N–H and O–H groups in total. The van der Waals surface area contributed by atoms with E-state index in [0.29, 0.717) is 19.3 Å². The minimum absolute atomic E-state index is 0.209. The van der Waals surface area contributed by atoms with E-state index in [2.05, 4.69) is 37.2 Å². The van der Waals surface area contributed by atoms with Crippen molar-refractivity contribution in [3.05, 3.63) is 0 Å². The van der Waals surface area contributed by atoms with Gasteiger partial charge < -0.3 is 53.0 Å². The molecule has 0 saturated carbocycles. The molecule has 0 spiro atoms. The highest BCUT2D eigenvalue weighted by molar-refractivity contribution is 5.96. The van der Waals surface area contributed by atoms with Gasteiger partial charge in [-0.3, -0.25) is 47.9 Å². The first-order chi connectivity index (χ1) is 23.4. The summed E-state index contributed by atoms with van der Waals surface area (Å²) in [5, 5.41) is 25.5. The second kappa shape index (κ2) is 20.9. The molecular formula is C30H49N9O11. The van der Waals surface area contributed by atoms with Gasteiger partial charge in [0.05, 0.1) is 19.6 Å². The molecule has 0 bridgehead atoms. The summed E-state index contributed by atoms with van der Waals surface area (Å²) in [7, 11) is 0. The summed E-state index contributed by atoms with van der Waals surface area (Å²) < 4.78 is 0. The Morgan fingerprint density at radius 3 is 1.94 bits per heavy atom. The molecule has 1 fully saturated rings. The van der Waals surface area contributed by atoms with E-state index in [1.165, 1.54) is 25.7 Å². The van der Waals surface area contributed by atoms with Crippen LogP contribution in [-0.2, 0) is 47.9 Å². The Balaban J connectivity index is 2.83. The van der Waals surface area contributed by atoms with Crippen LogP contribution >= 0.6 is 0 Å². The number of nitrogens with zero attached hydrogens (tertiary/aromatic N) is 1. The summed E-state index contributed by atoms with van der Waals surface area (Å²) in [6.45, 7) is 6.03. The molecule has 1 heterocycles. The fourth-order valence-corrected chi connectivity index (χ4v) is 4.72. The number of rotatable bonds is 20. The van der Waals surface area contributed by atoms with Gasteiger partial charge in [-0.15, -0.1) is 0 Å². The van der Waals surface area contributed by atoms with Crippen molar-refractivity contribution in [1.29, 1.82) is 0 Å². The summed E-state index contributed by atoms with van der Waals surface area (Å²) >= 11 is 0. The summed E-state index contributed by atoms with van der Waals surface area (Å²) in [6, 6.07) is -5.71. The van der Waals surface area contributed by atoms with Gasteiger partial charge in [0.1, 0.15) is 30.2 Å². The molecule has 9 amide bonds. The van der Waals surface area contributed by atoms with E-state index in [-0.39, 0.29) is 25.9 Å². The second-order valence-corrected chi connectivity index (χ2v) is 11.9. The summed E-state index contributed by atoms with van der Waals surface area (Å²) in [5.74, 6) is -7.88. The zero-order chi connectivity index (χ0) is 38.1. The van der Waals surface area contributed by atoms with Crippen LogP contribution in [0.4, 0.5) is 0 Å². The van der Waals surface area contributed by atoms with E-state index >= 15 is 0 Å². The summed E-state index contributed by atoms with van der Waals surface area (Å²) in [4.78, 5) is 124. The molecule has 0 aromatic rings. The van der Waals surface area contributed by atoms with Crippen LogP contribution in [-0.4, -0.2) is 126 Å². The molecule has 0 aromatic heterocycles. The van der Waals surface area contributed by atoms with E-state index < -0.39 is 108 Å². The first-order valence-corrected chi connectivity index (χ1v) is 16.2. The number of hydrogen-bond donors (Lipinski definition) is 9. The van der Waals surface area contributed by atoms with Crippen molar-refractivity contribution in [2.45, 2.75) is 96.9 Å². The lowest BCUT2D eigenvalue weighted by Gasteiger charge is -2.27. The van der Waals surface area contributed by atoms with Crippen molar-refractivity contribution in [2.75, 3.05) is 26.2 Å². The third-order valence-corrected chi connectivity index (χ3v) is 7.84. The highest BCUT2D eigenvalue weighted by Crippen LogP contribution is 2.18. The maximum Gasteiger partial charge on any atom is 0.325 e. The van der Waals surface area contributed by atoms with Crippen LogP contribution in [0, 0.1) is 5.92 Å². The highest BCUT2D eigenvalue weighted by atomic mass is 16.4. The third kappa shape index (κ3) is 14.9. The van der Waals surface area contributed by atoms with Gasteiger partial charge in [0, 0.05) is 19.9 Å². The van der Waals surface area contributed by atoms with Crippen LogP contribution in [0.1, 0.15) is 66.7 Å². The minimum Gasteiger partial charge on any atom is -0.480 e. The molecular weight excluding hydrogens is 662 g/mol. The molecule has 50 heavy (non-hydrogen) atoms. The molecule has 6 atom stereocenters. The van der Waals surface area contributed by atoms with Crippen LogP contribution in [0.5, 0.6) is 0 Å². The summed E-state index contributed by atoms with van der Waals surface area (Å²) in [6.07, 6.45) is 0.736. The van der Waals surface area contributed by atoms with Crippen LogP contribution in [0.15, 0.2) is 0 Å². The van der Waals surface area contributed by atoms with Crippen LogP contribution in [0.2, 0.25) is 0 Å². The maximum absolute atomic E-state index is 13.1. The van der Waals surface area contributed by atoms with E-state index in [9.17, 15) is 47.9 Å². The SMILES string of the molecule is CC[C@H](C)[C@H](NC(=O)CNC(=O)[C@H](CCC(N)=O)NC(=O)[C@@H]1CCCN1C(=O)CNC(C)=O)C(=O)N[C@@H](C)C(=O)NCC(=O)N[C@@H](C)C(=O)O. The molecule has 280 valence electrons. The van der Waals surface area contributed by atoms with Gasteiger partial charge in [-0.1, -0.05) is 20.3 Å². The molecule has 1 aliphatic heterocycles. The minimum atomic E-state index is -1.31. The van der Waals surface area contributed by atoms with Crippen LogP contribution in [0.3, 0.4) is 0 Å². The van der Waals surface area contributed by atoms with Crippen molar-refractivity contribution in [1.82, 2.24) is 42.1 Å². The van der Waals surface area contributed by atoms with E-state index in [4.69, 9.17) is 10.8 Å². The number of carbonyl (C=O) groups excluding carboxylic acids is 9. The molecule has 20 nitrogen and oxygen atoms in total. The van der Waals surface area contributed by atoms with Gasteiger partial charge in [0.2, 0.25) is 53.2 Å². The Labute approximate surface area is 289 Å². The van der Waals surface area contributed by atoms with Gasteiger partial charge in [0.25, 0.3) is 0 Å². The number of aliphatic carboxylic acids is 1. The van der Waals surface area contributed by atoms with E-state index in [0.717, 1.165) is 0 Å². The van der Waals surface area contributed by atoms with Crippen molar-refractivity contribution in [3.63, 3.8) is 0 Å². The number of nitrogens with one attached hydrogen (secondary N) is 7. The summed E-state index contributed by atoms with van der Waals surface area (Å²) in [5.41, 5.74) is 5.24. The zero-order valence-corrected chi connectivity index (χ0v) is 28.9. The normalized spacial score (nSPS) is 16.7. The Bertz CT molecular complexity index is 1310. The number of hydrogen-bond acceptors (Lipinski definition) is 10. The number of carboxylic acid groups (broad SMARTS) is 1. The van der Waals surface area contributed by atoms with Crippen LogP contribution in [0.25, 0.3) is 0 Å². The fraction of sp³-hybridized carbons (Fsp3) is 0.667. The number of amides is 9. The van der Waals surface area contributed by atoms with Gasteiger partial charge >= 0.3 is 5.97 Å². The van der Waals surface area contributed by atoms with E-state index in [1.807, 2.05) is 0 Å². The lowest BCUT2D eigenvalue weighted by Crippen LogP contribution is -2.57. The van der Waals surface area contributed by atoms with Gasteiger partial charge in [-0.05, 0) is 39.0 Å². The quantitative estimate of drug-likeness (QED) is 0.0582. The molecule has 20 heteroatoms. The fourth-order valence-electron chi connectivity index (χ4n) is 4.72. The number of carboxylic acids is 1. The number of nitrogens with two attached hydrogens (primary N) is 1. The second-order valence-electron chi connectivity index (χ2n) is 11.9. The zero-order valence-electron chi connectivity index (χ0n) is 28.9. The molecule has 1 aliphatic rings. The molecule has 0 radical (unpaired) electrons. The highest BCUT2D eigenvalue weighted by Gasteiger charge is 2.36. The monoisotopic (exact) mass is 711 g/mol. The average Bonchev–Trinajstić information content (AvgIpc) is 3.55. The molecule has 0 unspecified atom stereocenters. The third-order valence-electron chi connectivity index (χ3n) is 7.84. The molecule has 0 aromatic carbocycles. The Kier molecular flexibility index (Phi) is 17.9. The standard InChI is InChI=1S/C30H49N9O11/c1-6-15(2)25(29(48)36-16(3)26(45)33-12-22(42)35-17(4)30(49)50)38-23(43)13-34-27(46)19(9-10-21(31)41)37-28(47)20-8-7-11-39(20)24(44)14-32-18(5)40/h15-17,19-20,25H,6-14H2,1-5H3,(H2,31,41)(H,32,40)(H,33,45)(H,34,46)(H,35,42)(H,36,48)(H,37,47)(H,38,43)(H,49,50)/t15-,16-,17-,19-,20-,25-/m0/s1. The van der Waals surface area contributed by atoms with Gasteiger partial charge in [-0.2, -0.15) is 0 Å². The predicted molar refractivity (Wildman–Crippen MR) is 174 cm³/mol. The van der Waals surface area contributed by atoms with Gasteiger partial charge in [0.15, 0.2) is 0 Å². The maximum atomic E-state index is 13.1. The average molecular weight is 712 g/mol. The molecule has 0 aliphatic carbocycles. The number of carbonyl (C=O) groups is 10. The Hall–Kier alpha value is -5.30. The van der Waals surface area contributed by atoms with E-state index in [1.54, 1.807) is 13.8 Å². The lowest BCUT2D eigenvalue weighted by molar-refractivity contribution is -0.141. The number of likely N-dealkylation sites (tertiary alicyclic amines) is 1. The predicted octanol–water partition coefficient (Wildman–Crippen LogP) is -4.28.